The van der Waals surface area contributed by atoms with Crippen LogP contribution < -0.4 is 5.32 Å². The molecule has 0 bridgehead atoms. The molecule has 3 rings (SSSR count). The van der Waals surface area contributed by atoms with E-state index in [2.05, 4.69) is 5.32 Å². The summed E-state index contributed by atoms with van der Waals surface area (Å²) in [6, 6.07) is 9.41. The summed E-state index contributed by atoms with van der Waals surface area (Å²) in [4.78, 5) is 38.2. The van der Waals surface area contributed by atoms with Gasteiger partial charge in [0.1, 0.15) is 11.7 Å². The number of nitrogens with zero attached hydrogens (tertiary/aromatic N) is 2. The first-order valence-electron chi connectivity index (χ1n) is 8.96. The Kier molecular flexibility index (Phi) is 5.30. The minimum atomic E-state index is -0.980. The Morgan fingerprint density at radius 3 is 2.59 bits per heavy atom. The van der Waals surface area contributed by atoms with Gasteiger partial charge in [-0.05, 0) is 56.5 Å². The van der Waals surface area contributed by atoms with Crippen LogP contribution in [0, 0.1) is 6.92 Å². The van der Waals surface area contributed by atoms with E-state index in [1.807, 2.05) is 20.0 Å². The Bertz CT molecular complexity index is 887. The molecule has 1 unspecified atom stereocenters. The van der Waals surface area contributed by atoms with Gasteiger partial charge >= 0.3 is 5.97 Å². The van der Waals surface area contributed by atoms with E-state index < -0.39 is 12.0 Å². The highest BCUT2D eigenvalue weighted by Gasteiger charge is 2.32. The van der Waals surface area contributed by atoms with Crippen molar-refractivity contribution in [1.29, 1.82) is 0 Å². The van der Waals surface area contributed by atoms with Crippen LogP contribution in [0.4, 0.5) is 5.69 Å². The van der Waals surface area contributed by atoms with Crippen molar-refractivity contribution in [3.8, 4) is 0 Å². The number of rotatable bonds is 4. The monoisotopic (exact) mass is 369 g/mol. The molecule has 2 N–H and O–H groups in total. The standard InChI is InChI=1S/C20H23N3O4/c1-13-9-10-16(22(13)2)18(24)21-15-7-5-6-14(12-15)19(25)23-11-4-3-8-17(23)20(26)27/h5-7,9-10,12,17H,3-4,8,11H2,1-2H3,(H,21,24)(H,26,27). The SMILES string of the molecule is Cc1ccc(C(=O)Nc2cccc(C(=O)N3CCCCC3C(=O)O)c2)n1C. The summed E-state index contributed by atoms with van der Waals surface area (Å²) < 4.78 is 1.79. The molecule has 0 spiro atoms. The first-order valence-corrected chi connectivity index (χ1v) is 8.96. The first kappa shape index (κ1) is 18.7. The molecule has 1 aromatic carbocycles. The molecule has 27 heavy (non-hydrogen) atoms. The van der Waals surface area contributed by atoms with Gasteiger partial charge in [-0.1, -0.05) is 6.07 Å². The summed E-state index contributed by atoms with van der Waals surface area (Å²) in [5.41, 5.74) is 2.35. The molecule has 0 aliphatic carbocycles. The molecule has 1 atom stereocenters. The molecule has 2 heterocycles. The molecule has 1 aromatic heterocycles. The van der Waals surface area contributed by atoms with E-state index in [4.69, 9.17) is 0 Å². The predicted octanol–water partition coefficient (Wildman–Crippen LogP) is 2.67. The number of aryl methyl sites for hydroxylation is 1. The molecule has 0 radical (unpaired) electrons. The summed E-state index contributed by atoms with van der Waals surface area (Å²) in [5.74, 6) is -1.57. The second-order valence-corrected chi connectivity index (χ2v) is 6.80. The Balaban J connectivity index is 1.78. The van der Waals surface area contributed by atoms with Crippen LogP contribution >= 0.6 is 0 Å². The third-order valence-electron chi connectivity index (χ3n) is 5.02. The van der Waals surface area contributed by atoms with Gasteiger partial charge in [0.25, 0.3) is 11.8 Å². The van der Waals surface area contributed by atoms with Crippen LogP contribution in [0.5, 0.6) is 0 Å². The number of benzene rings is 1. The second kappa shape index (κ2) is 7.65. The smallest absolute Gasteiger partial charge is 0.326 e. The number of hydrogen-bond donors (Lipinski definition) is 2. The van der Waals surface area contributed by atoms with Crippen LogP contribution in [0.15, 0.2) is 36.4 Å². The number of carbonyl (C=O) groups is 3. The van der Waals surface area contributed by atoms with Crippen molar-refractivity contribution >= 4 is 23.5 Å². The molecule has 2 amide bonds. The summed E-state index contributed by atoms with van der Waals surface area (Å²) >= 11 is 0. The van der Waals surface area contributed by atoms with E-state index in [0.717, 1.165) is 18.5 Å². The number of carboxylic acid groups (broad SMARTS) is 1. The van der Waals surface area contributed by atoms with Crippen LogP contribution in [-0.2, 0) is 11.8 Å². The number of nitrogens with one attached hydrogen (secondary N) is 1. The van der Waals surface area contributed by atoms with Crippen molar-refractivity contribution in [3.05, 3.63) is 53.3 Å². The largest absolute Gasteiger partial charge is 0.480 e. The Labute approximate surface area is 157 Å². The van der Waals surface area contributed by atoms with Crippen LogP contribution in [-0.4, -0.2) is 44.9 Å². The molecule has 1 aliphatic rings. The van der Waals surface area contributed by atoms with Crippen molar-refractivity contribution in [2.75, 3.05) is 11.9 Å². The maximum Gasteiger partial charge on any atom is 0.326 e. The summed E-state index contributed by atoms with van der Waals surface area (Å²) in [5, 5.41) is 12.2. The van der Waals surface area contributed by atoms with Gasteiger partial charge in [0.2, 0.25) is 0 Å². The van der Waals surface area contributed by atoms with Gasteiger partial charge in [0.15, 0.2) is 0 Å². The normalized spacial score (nSPS) is 16.8. The maximum absolute atomic E-state index is 12.8. The van der Waals surface area contributed by atoms with Crippen molar-refractivity contribution < 1.29 is 19.5 Å². The number of anilines is 1. The van der Waals surface area contributed by atoms with E-state index in [-0.39, 0.29) is 11.8 Å². The quantitative estimate of drug-likeness (QED) is 0.867. The molecule has 142 valence electrons. The zero-order valence-electron chi connectivity index (χ0n) is 15.4. The van der Waals surface area contributed by atoms with Crippen molar-refractivity contribution in [2.45, 2.75) is 32.2 Å². The molecule has 7 nitrogen and oxygen atoms in total. The van der Waals surface area contributed by atoms with E-state index in [0.29, 0.717) is 29.9 Å². The van der Waals surface area contributed by atoms with Gasteiger partial charge in [-0.25, -0.2) is 4.79 Å². The van der Waals surface area contributed by atoms with Crippen LogP contribution in [0.3, 0.4) is 0 Å². The number of carboxylic acids is 1. The lowest BCUT2D eigenvalue weighted by Gasteiger charge is -2.33. The van der Waals surface area contributed by atoms with Gasteiger partial charge in [0, 0.05) is 30.5 Å². The number of piperidine rings is 1. The summed E-state index contributed by atoms with van der Waals surface area (Å²) in [6.45, 7) is 2.34. The highest BCUT2D eigenvalue weighted by atomic mass is 16.4. The Morgan fingerprint density at radius 1 is 1.15 bits per heavy atom. The van der Waals surface area contributed by atoms with Gasteiger partial charge in [0.05, 0.1) is 0 Å². The zero-order chi connectivity index (χ0) is 19.6. The number of aliphatic carboxylic acids is 1. The number of aromatic nitrogens is 1. The Hall–Kier alpha value is -3.09. The highest BCUT2D eigenvalue weighted by Crippen LogP contribution is 2.21. The lowest BCUT2D eigenvalue weighted by atomic mass is 10.0. The number of hydrogen-bond acceptors (Lipinski definition) is 3. The lowest BCUT2D eigenvalue weighted by Crippen LogP contribution is -2.48. The summed E-state index contributed by atoms with van der Waals surface area (Å²) in [7, 11) is 1.81. The third kappa shape index (κ3) is 3.86. The van der Waals surface area contributed by atoms with Crippen LogP contribution in [0.2, 0.25) is 0 Å². The van der Waals surface area contributed by atoms with E-state index >= 15 is 0 Å². The van der Waals surface area contributed by atoms with Crippen LogP contribution in [0.25, 0.3) is 0 Å². The molecule has 7 heteroatoms. The van der Waals surface area contributed by atoms with E-state index in [1.54, 1.807) is 34.9 Å². The zero-order valence-corrected chi connectivity index (χ0v) is 15.4. The second-order valence-electron chi connectivity index (χ2n) is 6.80. The van der Waals surface area contributed by atoms with Crippen molar-refractivity contribution in [1.82, 2.24) is 9.47 Å². The molecule has 2 aromatic rings. The van der Waals surface area contributed by atoms with Gasteiger partial charge in [-0.15, -0.1) is 0 Å². The van der Waals surface area contributed by atoms with Gasteiger partial charge in [-0.3, -0.25) is 9.59 Å². The fraction of sp³-hybridized carbons (Fsp3) is 0.350. The number of carbonyl (C=O) groups excluding carboxylic acids is 2. The number of likely N-dealkylation sites (tertiary alicyclic amines) is 1. The average molecular weight is 369 g/mol. The minimum absolute atomic E-state index is 0.267. The van der Waals surface area contributed by atoms with Crippen LogP contribution in [0.1, 0.15) is 45.8 Å². The topological polar surface area (TPSA) is 91.6 Å². The van der Waals surface area contributed by atoms with E-state index in [9.17, 15) is 19.5 Å². The highest BCUT2D eigenvalue weighted by molar-refractivity contribution is 6.04. The molecule has 0 saturated carbocycles. The number of amides is 2. The first-order chi connectivity index (χ1) is 12.9. The molecule has 1 saturated heterocycles. The minimum Gasteiger partial charge on any atom is -0.480 e. The van der Waals surface area contributed by atoms with Gasteiger partial charge < -0.3 is 19.9 Å². The molecular weight excluding hydrogens is 346 g/mol. The van der Waals surface area contributed by atoms with E-state index in [1.165, 1.54) is 4.90 Å². The predicted molar refractivity (Wildman–Crippen MR) is 101 cm³/mol. The van der Waals surface area contributed by atoms with Crippen molar-refractivity contribution in [2.24, 2.45) is 7.05 Å². The Morgan fingerprint density at radius 2 is 1.93 bits per heavy atom. The van der Waals surface area contributed by atoms with Crippen molar-refractivity contribution in [3.63, 3.8) is 0 Å². The summed E-state index contributed by atoms with van der Waals surface area (Å²) in [6.07, 6.45) is 2.05. The maximum atomic E-state index is 12.8. The average Bonchev–Trinajstić information content (AvgIpc) is 3.00. The molecule has 1 aliphatic heterocycles. The fourth-order valence-corrected chi connectivity index (χ4v) is 3.36. The molecule has 1 fully saturated rings. The third-order valence-corrected chi connectivity index (χ3v) is 5.02. The fourth-order valence-electron chi connectivity index (χ4n) is 3.36. The van der Waals surface area contributed by atoms with Gasteiger partial charge in [-0.2, -0.15) is 0 Å². The molecular formula is C20H23N3O4. The lowest BCUT2D eigenvalue weighted by molar-refractivity contribution is -0.143.